The summed E-state index contributed by atoms with van der Waals surface area (Å²) in [5.41, 5.74) is 5.81. The van der Waals surface area contributed by atoms with E-state index in [0.717, 1.165) is 19.3 Å². The minimum absolute atomic E-state index is 0.0384. The van der Waals surface area contributed by atoms with Crippen LogP contribution in [0.3, 0.4) is 0 Å². The molecule has 0 amide bonds. The standard InChI is InChI=1S/C12H19N5O3/c1-8-10(17(19)20)11(15-12(13)14-8)16-6-3-2-4-9(16)5-7-18/h9,18H,2-7H2,1H3,(H2,13,14,15). The molecule has 1 aliphatic heterocycles. The van der Waals surface area contributed by atoms with Crippen LogP contribution in [0.15, 0.2) is 0 Å². The lowest BCUT2D eigenvalue weighted by molar-refractivity contribution is -0.385. The fourth-order valence-electron chi connectivity index (χ4n) is 2.72. The number of nitrogens with two attached hydrogens (primary N) is 1. The molecule has 2 heterocycles. The molecule has 0 saturated carbocycles. The summed E-state index contributed by atoms with van der Waals surface area (Å²) in [7, 11) is 0. The van der Waals surface area contributed by atoms with Gasteiger partial charge in [0, 0.05) is 19.2 Å². The predicted molar refractivity (Wildman–Crippen MR) is 74.5 cm³/mol. The van der Waals surface area contributed by atoms with Crippen LogP contribution in [0.25, 0.3) is 0 Å². The van der Waals surface area contributed by atoms with Crippen molar-refractivity contribution in [2.75, 3.05) is 23.8 Å². The van der Waals surface area contributed by atoms with Crippen LogP contribution in [0, 0.1) is 17.0 Å². The zero-order chi connectivity index (χ0) is 14.7. The Kier molecular flexibility index (Phi) is 4.33. The molecule has 1 atom stereocenters. The average Bonchev–Trinajstić information content (AvgIpc) is 2.38. The number of nitrogen functional groups attached to an aromatic ring is 1. The Balaban J connectivity index is 2.46. The molecule has 1 aromatic rings. The first-order valence-electron chi connectivity index (χ1n) is 6.70. The summed E-state index contributed by atoms with van der Waals surface area (Å²) in [6.45, 7) is 2.29. The minimum atomic E-state index is -0.464. The van der Waals surface area contributed by atoms with Crippen LogP contribution in [0.5, 0.6) is 0 Å². The van der Waals surface area contributed by atoms with Gasteiger partial charge in [0.15, 0.2) is 0 Å². The van der Waals surface area contributed by atoms with Crippen LogP contribution in [0.2, 0.25) is 0 Å². The van der Waals surface area contributed by atoms with Gasteiger partial charge in [0.05, 0.1) is 4.92 Å². The van der Waals surface area contributed by atoms with Gasteiger partial charge in [-0.1, -0.05) is 0 Å². The first-order valence-corrected chi connectivity index (χ1v) is 6.70. The SMILES string of the molecule is Cc1nc(N)nc(N2CCCCC2CCO)c1[N+](=O)[O-]. The van der Waals surface area contributed by atoms with E-state index in [0.29, 0.717) is 13.0 Å². The lowest BCUT2D eigenvalue weighted by Gasteiger charge is -2.36. The fraction of sp³-hybridized carbons (Fsp3) is 0.667. The maximum atomic E-state index is 11.3. The van der Waals surface area contributed by atoms with E-state index in [4.69, 9.17) is 10.8 Å². The zero-order valence-electron chi connectivity index (χ0n) is 11.4. The quantitative estimate of drug-likeness (QED) is 0.624. The lowest BCUT2D eigenvalue weighted by Crippen LogP contribution is -2.41. The minimum Gasteiger partial charge on any atom is -0.396 e. The Bertz CT molecular complexity index is 506. The molecule has 8 heteroatoms. The van der Waals surface area contributed by atoms with Crippen molar-refractivity contribution in [3.8, 4) is 0 Å². The van der Waals surface area contributed by atoms with Gasteiger partial charge in [-0.3, -0.25) is 10.1 Å². The highest BCUT2D eigenvalue weighted by Gasteiger charge is 2.31. The monoisotopic (exact) mass is 281 g/mol. The highest BCUT2D eigenvalue weighted by molar-refractivity contribution is 5.62. The van der Waals surface area contributed by atoms with Gasteiger partial charge in [0.25, 0.3) is 0 Å². The molecule has 0 aromatic carbocycles. The summed E-state index contributed by atoms with van der Waals surface area (Å²) in [6, 6.07) is 0.0566. The summed E-state index contributed by atoms with van der Waals surface area (Å²) in [6.07, 6.45) is 3.46. The van der Waals surface area contributed by atoms with Crippen LogP contribution in [-0.4, -0.2) is 39.2 Å². The molecular formula is C12H19N5O3. The van der Waals surface area contributed by atoms with Crippen molar-refractivity contribution in [3.05, 3.63) is 15.8 Å². The second kappa shape index (κ2) is 6.00. The molecule has 20 heavy (non-hydrogen) atoms. The summed E-state index contributed by atoms with van der Waals surface area (Å²) in [4.78, 5) is 20.6. The molecule has 3 N–H and O–H groups in total. The van der Waals surface area contributed by atoms with E-state index in [1.165, 1.54) is 0 Å². The number of nitrogens with zero attached hydrogens (tertiary/aromatic N) is 4. The molecule has 0 bridgehead atoms. The van der Waals surface area contributed by atoms with E-state index in [1.54, 1.807) is 6.92 Å². The maximum absolute atomic E-state index is 11.3. The molecule has 8 nitrogen and oxygen atoms in total. The van der Waals surface area contributed by atoms with Gasteiger partial charge in [0.2, 0.25) is 11.8 Å². The number of aryl methyl sites for hydroxylation is 1. The highest BCUT2D eigenvalue weighted by Crippen LogP contribution is 2.34. The van der Waals surface area contributed by atoms with Gasteiger partial charge >= 0.3 is 5.69 Å². The number of hydrogen-bond acceptors (Lipinski definition) is 7. The van der Waals surface area contributed by atoms with Crippen molar-refractivity contribution in [1.29, 1.82) is 0 Å². The summed E-state index contributed by atoms with van der Waals surface area (Å²) < 4.78 is 0. The van der Waals surface area contributed by atoms with Crippen molar-refractivity contribution in [3.63, 3.8) is 0 Å². The molecule has 110 valence electrons. The smallest absolute Gasteiger partial charge is 0.332 e. The molecule has 1 fully saturated rings. The molecule has 0 radical (unpaired) electrons. The van der Waals surface area contributed by atoms with Gasteiger partial charge < -0.3 is 15.7 Å². The van der Waals surface area contributed by atoms with E-state index < -0.39 is 4.92 Å². The summed E-state index contributed by atoms with van der Waals surface area (Å²) in [5.74, 6) is 0.314. The number of aliphatic hydroxyl groups is 1. The lowest BCUT2D eigenvalue weighted by atomic mass is 9.99. The second-order valence-corrected chi connectivity index (χ2v) is 4.95. The van der Waals surface area contributed by atoms with Gasteiger partial charge in [-0.15, -0.1) is 0 Å². The molecule has 1 saturated heterocycles. The van der Waals surface area contributed by atoms with Crippen molar-refractivity contribution >= 4 is 17.5 Å². The van der Waals surface area contributed by atoms with Gasteiger partial charge in [-0.25, -0.2) is 4.98 Å². The predicted octanol–water partition coefficient (Wildman–Crippen LogP) is 1.02. The van der Waals surface area contributed by atoms with Gasteiger partial charge in [-0.2, -0.15) is 4.98 Å². The Morgan fingerprint density at radius 3 is 2.90 bits per heavy atom. The largest absolute Gasteiger partial charge is 0.396 e. The average molecular weight is 281 g/mol. The van der Waals surface area contributed by atoms with E-state index in [1.807, 2.05) is 4.90 Å². The first kappa shape index (κ1) is 14.4. The maximum Gasteiger partial charge on any atom is 0.332 e. The van der Waals surface area contributed by atoms with Crippen LogP contribution in [-0.2, 0) is 0 Å². The van der Waals surface area contributed by atoms with Crippen molar-refractivity contribution < 1.29 is 10.0 Å². The molecule has 1 aliphatic rings. The third-order valence-corrected chi connectivity index (χ3v) is 3.60. The van der Waals surface area contributed by atoms with Crippen molar-refractivity contribution in [2.45, 2.75) is 38.6 Å². The van der Waals surface area contributed by atoms with Crippen LogP contribution in [0.4, 0.5) is 17.5 Å². The zero-order valence-corrected chi connectivity index (χ0v) is 11.4. The number of rotatable bonds is 4. The normalized spacial score (nSPS) is 19.1. The summed E-state index contributed by atoms with van der Waals surface area (Å²) in [5, 5.41) is 20.4. The molecule has 2 rings (SSSR count). The number of anilines is 2. The molecule has 1 aromatic heterocycles. The highest BCUT2D eigenvalue weighted by atomic mass is 16.6. The van der Waals surface area contributed by atoms with E-state index >= 15 is 0 Å². The van der Waals surface area contributed by atoms with Crippen molar-refractivity contribution in [1.82, 2.24) is 9.97 Å². The van der Waals surface area contributed by atoms with Crippen LogP contribution >= 0.6 is 0 Å². The van der Waals surface area contributed by atoms with E-state index in [2.05, 4.69) is 9.97 Å². The number of aromatic nitrogens is 2. The van der Waals surface area contributed by atoms with Crippen LogP contribution < -0.4 is 10.6 Å². The molecule has 0 aliphatic carbocycles. The Morgan fingerprint density at radius 1 is 1.50 bits per heavy atom. The number of nitro groups is 1. The fourth-order valence-corrected chi connectivity index (χ4v) is 2.72. The third kappa shape index (κ3) is 2.79. The Morgan fingerprint density at radius 2 is 2.25 bits per heavy atom. The van der Waals surface area contributed by atoms with Gasteiger partial charge in [-0.05, 0) is 32.6 Å². The molecule has 1 unspecified atom stereocenters. The summed E-state index contributed by atoms with van der Waals surface area (Å²) >= 11 is 0. The number of piperidine rings is 1. The Hall–Kier alpha value is -1.96. The Labute approximate surface area is 116 Å². The molecular weight excluding hydrogens is 262 g/mol. The topological polar surface area (TPSA) is 118 Å². The number of hydrogen-bond donors (Lipinski definition) is 2. The first-order chi connectivity index (χ1) is 9.54. The number of aliphatic hydroxyl groups excluding tert-OH is 1. The second-order valence-electron chi connectivity index (χ2n) is 4.95. The van der Waals surface area contributed by atoms with E-state index in [9.17, 15) is 10.1 Å². The van der Waals surface area contributed by atoms with E-state index in [-0.39, 0.29) is 35.8 Å². The van der Waals surface area contributed by atoms with Gasteiger partial charge in [0.1, 0.15) is 5.69 Å². The third-order valence-electron chi connectivity index (χ3n) is 3.60. The van der Waals surface area contributed by atoms with Crippen molar-refractivity contribution in [2.24, 2.45) is 0 Å². The molecule has 0 spiro atoms. The van der Waals surface area contributed by atoms with Crippen LogP contribution in [0.1, 0.15) is 31.4 Å².